The van der Waals surface area contributed by atoms with E-state index in [9.17, 15) is 14.4 Å². The SMILES string of the molecule is CC(=O)NCCNc1nc(-c2ccccc2)nc2[nH]c(C(=O)N3C=CC(C(N)=O)(c4ccccc4)C=C3)cc12. The number of amides is 3. The number of benzene rings is 2. The highest BCUT2D eigenvalue weighted by Gasteiger charge is 2.36. The number of H-pyrrole nitrogens is 1. The molecule has 0 aliphatic carbocycles. The topological polar surface area (TPSA) is 146 Å². The number of rotatable bonds is 8. The Kier molecular flexibility index (Phi) is 6.92. The molecule has 196 valence electrons. The Labute approximate surface area is 224 Å². The first-order valence-electron chi connectivity index (χ1n) is 12.4. The molecule has 2 aromatic carbocycles. The fourth-order valence-corrected chi connectivity index (χ4v) is 4.38. The molecule has 39 heavy (non-hydrogen) atoms. The van der Waals surface area contributed by atoms with Gasteiger partial charge in [0.2, 0.25) is 11.8 Å². The lowest BCUT2D eigenvalue weighted by atomic mass is 9.78. The lowest BCUT2D eigenvalue weighted by molar-refractivity contribution is -0.121. The number of aromatic amines is 1. The second-order valence-electron chi connectivity index (χ2n) is 9.06. The molecule has 0 atom stereocenters. The average molecular weight is 522 g/mol. The van der Waals surface area contributed by atoms with E-state index in [1.807, 2.05) is 60.7 Å². The van der Waals surface area contributed by atoms with Crippen LogP contribution in [0.15, 0.2) is 91.3 Å². The van der Waals surface area contributed by atoms with E-state index in [0.717, 1.165) is 5.56 Å². The van der Waals surface area contributed by atoms with Crippen LogP contribution in [0.1, 0.15) is 23.0 Å². The summed E-state index contributed by atoms with van der Waals surface area (Å²) in [5, 5.41) is 6.60. The van der Waals surface area contributed by atoms with Gasteiger partial charge in [-0.2, -0.15) is 0 Å². The van der Waals surface area contributed by atoms with Crippen LogP contribution in [-0.2, 0) is 15.0 Å². The predicted molar refractivity (Wildman–Crippen MR) is 148 cm³/mol. The number of fused-ring (bicyclic) bond motifs is 1. The molecule has 5 rings (SSSR count). The van der Waals surface area contributed by atoms with Crippen molar-refractivity contribution in [3.05, 3.63) is 103 Å². The zero-order valence-electron chi connectivity index (χ0n) is 21.2. The van der Waals surface area contributed by atoms with Crippen molar-refractivity contribution in [3.8, 4) is 11.4 Å². The molecule has 2 aromatic heterocycles. The van der Waals surface area contributed by atoms with Gasteiger partial charge in [0.05, 0.1) is 5.39 Å². The van der Waals surface area contributed by atoms with Crippen molar-refractivity contribution in [2.24, 2.45) is 5.73 Å². The summed E-state index contributed by atoms with van der Waals surface area (Å²) in [7, 11) is 0. The molecular weight excluding hydrogens is 494 g/mol. The molecule has 5 N–H and O–H groups in total. The first-order chi connectivity index (χ1) is 18.9. The summed E-state index contributed by atoms with van der Waals surface area (Å²) in [5.74, 6) is -0.00649. The smallest absolute Gasteiger partial charge is 0.278 e. The molecule has 3 amide bonds. The maximum Gasteiger partial charge on any atom is 0.278 e. The molecule has 1 aliphatic heterocycles. The number of nitrogens with zero attached hydrogens (tertiary/aromatic N) is 3. The third-order valence-electron chi connectivity index (χ3n) is 6.43. The van der Waals surface area contributed by atoms with Crippen LogP contribution in [0.4, 0.5) is 5.82 Å². The maximum absolute atomic E-state index is 13.4. The summed E-state index contributed by atoms with van der Waals surface area (Å²) in [6, 6.07) is 20.3. The van der Waals surface area contributed by atoms with Crippen LogP contribution in [0.3, 0.4) is 0 Å². The van der Waals surface area contributed by atoms with E-state index in [-0.39, 0.29) is 17.5 Å². The third kappa shape index (κ3) is 5.12. The van der Waals surface area contributed by atoms with Crippen LogP contribution in [-0.4, -0.2) is 50.7 Å². The van der Waals surface area contributed by atoms with Gasteiger partial charge in [-0.15, -0.1) is 0 Å². The van der Waals surface area contributed by atoms with Crippen molar-refractivity contribution in [1.82, 2.24) is 25.2 Å². The molecule has 3 heterocycles. The van der Waals surface area contributed by atoms with Gasteiger partial charge >= 0.3 is 0 Å². The Bertz CT molecular complexity index is 1580. The standard InChI is InChI=1S/C29H27N7O3/c1-19(37)31-14-15-32-25-22-18-23(33-26(22)35-24(34-25)20-8-4-2-5-9-20)27(38)36-16-12-29(13-17-36,28(30)39)21-10-6-3-7-11-21/h2-13,16-18H,14-15H2,1H3,(H2,30,39)(H,31,37)(H2,32,33,34,35). The molecule has 0 unspecified atom stereocenters. The zero-order chi connectivity index (χ0) is 27.4. The fraction of sp³-hybridized carbons (Fsp3) is 0.138. The largest absolute Gasteiger partial charge is 0.368 e. The number of hydrogen-bond acceptors (Lipinski definition) is 6. The second kappa shape index (κ2) is 10.6. The van der Waals surface area contributed by atoms with E-state index in [1.165, 1.54) is 11.8 Å². The van der Waals surface area contributed by atoms with E-state index in [4.69, 9.17) is 5.73 Å². The highest BCUT2D eigenvalue weighted by Crippen LogP contribution is 2.32. The third-order valence-corrected chi connectivity index (χ3v) is 6.43. The molecule has 10 nitrogen and oxygen atoms in total. The van der Waals surface area contributed by atoms with Crippen LogP contribution < -0.4 is 16.4 Å². The summed E-state index contributed by atoms with van der Waals surface area (Å²) >= 11 is 0. The Morgan fingerprint density at radius 3 is 2.26 bits per heavy atom. The van der Waals surface area contributed by atoms with E-state index >= 15 is 0 Å². The minimum absolute atomic E-state index is 0.126. The van der Waals surface area contributed by atoms with Gasteiger partial charge < -0.3 is 21.4 Å². The number of carbonyl (C=O) groups excluding carboxylic acids is 3. The Balaban J connectivity index is 1.46. The van der Waals surface area contributed by atoms with Crippen molar-refractivity contribution in [1.29, 1.82) is 0 Å². The highest BCUT2D eigenvalue weighted by molar-refractivity contribution is 6.02. The van der Waals surface area contributed by atoms with Gasteiger partial charge in [0.15, 0.2) is 5.82 Å². The lowest BCUT2D eigenvalue weighted by Crippen LogP contribution is -2.40. The lowest BCUT2D eigenvalue weighted by Gasteiger charge is -2.29. The normalized spacial score (nSPS) is 13.8. The molecule has 0 saturated carbocycles. The minimum Gasteiger partial charge on any atom is -0.368 e. The molecule has 0 bridgehead atoms. The predicted octanol–water partition coefficient (Wildman–Crippen LogP) is 3.08. The molecule has 1 aliphatic rings. The molecule has 0 fully saturated rings. The molecular formula is C29H27N7O3. The Morgan fingerprint density at radius 2 is 1.62 bits per heavy atom. The fourth-order valence-electron chi connectivity index (χ4n) is 4.38. The van der Waals surface area contributed by atoms with Crippen LogP contribution in [0, 0.1) is 0 Å². The number of nitrogens with two attached hydrogens (primary N) is 1. The van der Waals surface area contributed by atoms with Crippen molar-refractivity contribution in [2.45, 2.75) is 12.3 Å². The Hall–Kier alpha value is -5.25. The number of carbonyl (C=O) groups is 3. The van der Waals surface area contributed by atoms with Crippen LogP contribution in [0.25, 0.3) is 22.4 Å². The second-order valence-corrected chi connectivity index (χ2v) is 9.06. The van der Waals surface area contributed by atoms with Gasteiger partial charge in [0, 0.05) is 38.0 Å². The number of hydrogen-bond donors (Lipinski definition) is 4. The summed E-state index contributed by atoms with van der Waals surface area (Å²) < 4.78 is 0. The zero-order valence-corrected chi connectivity index (χ0v) is 21.2. The van der Waals surface area contributed by atoms with Gasteiger partial charge in [-0.25, -0.2) is 9.97 Å². The first kappa shape index (κ1) is 25.4. The monoisotopic (exact) mass is 521 g/mol. The van der Waals surface area contributed by atoms with Crippen molar-refractivity contribution >= 4 is 34.6 Å². The van der Waals surface area contributed by atoms with Crippen molar-refractivity contribution in [3.63, 3.8) is 0 Å². The molecule has 0 radical (unpaired) electrons. The molecule has 10 heteroatoms. The summed E-state index contributed by atoms with van der Waals surface area (Å²) in [4.78, 5) is 51.0. The summed E-state index contributed by atoms with van der Waals surface area (Å²) in [6.07, 6.45) is 6.32. The number of primary amides is 1. The summed E-state index contributed by atoms with van der Waals surface area (Å²) in [6.45, 7) is 2.29. The molecule has 0 spiro atoms. The van der Waals surface area contributed by atoms with E-state index < -0.39 is 11.3 Å². The highest BCUT2D eigenvalue weighted by atomic mass is 16.2. The van der Waals surface area contributed by atoms with Gasteiger partial charge in [-0.3, -0.25) is 19.3 Å². The van der Waals surface area contributed by atoms with Crippen molar-refractivity contribution < 1.29 is 14.4 Å². The average Bonchev–Trinajstić information content (AvgIpc) is 3.40. The van der Waals surface area contributed by atoms with Crippen molar-refractivity contribution in [2.75, 3.05) is 18.4 Å². The van der Waals surface area contributed by atoms with E-state index in [0.29, 0.717) is 41.3 Å². The summed E-state index contributed by atoms with van der Waals surface area (Å²) in [5.41, 5.74) is 6.91. The Morgan fingerprint density at radius 1 is 0.949 bits per heavy atom. The number of anilines is 1. The molecule has 4 aromatic rings. The molecule has 0 saturated heterocycles. The van der Waals surface area contributed by atoms with E-state index in [2.05, 4.69) is 25.6 Å². The first-order valence-corrected chi connectivity index (χ1v) is 12.4. The quantitative estimate of drug-likeness (QED) is 0.262. The number of aromatic nitrogens is 3. The number of nitrogens with one attached hydrogen (secondary N) is 3. The van der Waals surface area contributed by atoms with E-state index in [1.54, 1.807) is 30.6 Å². The van der Waals surface area contributed by atoms with Gasteiger partial charge in [-0.1, -0.05) is 60.7 Å². The van der Waals surface area contributed by atoms with Gasteiger partial charge in [-0.05, 0) is 23.8 Å². The van der Waals surface area contributed by atoms with Gasteiger partial charge in [0.1, 0.15) is 22.6 Å². The minimum atomic E-state index is -1.15. The van der Waals surface area contributed by atoms with Crippen LogP contribution in [0.5, 0.6) is 0 Å². The van der Waals surface area contributed by atoms with Gasteiger partial charge in [0.25, 0.3) is 5.91 Å². The maximum atomic E-state index is 13.4. The van der Waals surface area contributed by atoms with Crippen LogP contribution in [0.2, 0.25) is 0 Å². The van der Waals surface area contributed by atoms with Crippen LogP contribution >= 0.6 is 0 Å².